The molecule has 0 radical (unpaired) electrons. The molecule has 1 aliphatic carbocycles. The minimum Gasteiger partial charge on any atom is -0.384 e. The molecule has 44 heavy (non-hydrogen) atoms. The summed E-state index contributed by atoms with van der Waals surface area (Å²) in [6, 6.07) is 8.34. The van der Waals surface area contributed by atoms with Crippen molar-refractivity contribution in [1.29, 1.82) is 0 Å². The van der Waals surface area contributed by atoms with Gasteiger partial charge in [0.25, 0.3) is 0 Å². The first kappa shape index (κ1) is 30.0. The Morgan fingerprint density at radius 2 is 1.84 bits per heavy atom. The lowest BCUT2D eigenvalue weighted by Crippen LogP contribution is -2.47. The van der Waals surface area contributed by atoms with Crippen LogP contribution in [0.15, 0.2) is 47.3 Å². The third-order valence-electron chi connectivity index (χ3n) is 8.41. The first-order valence-electron chi connectivity index (χ1n) is 14.2. The van der Waals surface area contributed by atoms with E-state index in [4.69, 9.17) is 9.47 Å². The molecule has 3 atom stereocenters. The number of nitrogens with zero attached hydrogens (tertiary/aromatic N) is 6. The maximum absolute atomic E-state index is 14.0. The van der Waals surface area contributed by atoms with Crippen LogP contribution in [0.1, 0.15) is 41.6 Å². The monoisotopic (exact) mass is 661 g/mol. The number of aromatic nitrogens is 5. The van der Waals surface area contributed by atoms with E-state index in [0.717, 1.165) is 17.5 Å². The standard InChI is InChI=1S/C31H32BrN7O5/c1-17(40)28-22-9-19(21-12-33-18(2)34-13-21)5-7-23(22)38(37-28)14-27(41)39-24(10-31(16-44-4)11-25(31)39)30(42)36-29-20(15-43-3)6-8-26(32)35-29/h5-9,12-13,24-25H,10-11,14-16H2,1-4H3,(H,35,36,42)/t24-,25+,31-/m0/s1. The SMILES string of the molecule is COCc1ccc(Br)nc1NC(=O)[C@@H]1C[C@@]2(COC)C[C@H]2N1C(=O)Cn1nc(C(C)=O)c2cc(-c3cnc(C)nc3)ccc21. The number of anilines is 1. The lowest BCUT2D eigenvalue weighted by molar-refractivity contribution is -0.138. The summed E-state index contributed by atoms with van der Waals surface area (Å²) in [6.07, 6.45) is 4.68. The van der Waals surface area contributed by atoms with Crippen LogP contribution in [0.5, 0.6) is 0 Å². The average molecular weight is 663 g/mol. The molecule has 6 rings (SSSR count). The van der Waals surface area contributed by atoms with Crippen LogP contribution >= 0.6 is 15.9 Å². The first-order chi connectivity index (χ1) is 21.1. The van der Waals surface area contributed by atoms with Crippen LogP contribution in [0.25, 0.3) is 22.0 Å². The second-order valence-corrected chi connectivity index (χ2v) is 12.2. The summed E-state index contributed by atoms with van der Waals surface area (Å²) < 4.78 is 12.9. The van der Waals surface area contributed by atoms with Gasteiger partial charge in [-0.3, -0.25) is 19.1 Å². The van der Waals surface area contributed by atoms with Crippen molar-refractivity contribution in [3.05, 3.63) is 64.4 Å². The van der Waals surface area contributed by atoms with Gasteiger partial charge in [0.15, 0.2) is 5.78 Å². The lowest BCUT2D eigenvalue weighted by Gasteiger charge is -2.27. The third kappa shape index (κ3) is 5.51. The van der Waals surface area contributed by atoms with Crippen molar-refractivity contribution >= 4 is 50.2 Å². The van der Waals surface area contributed by atoms with Crippen LogP contribution in [0, 0.1) is 12.3 Å². The molecule has 1 saturated carbocycles. The Labute approximate surface area is 262 Å². The van der Waals surface area contributed by atoms with Gasteiger partial charge in [-0.2, -0.15) is 5.10 Å². The van der Waals surface area contributed by atoms with Gasteiger partial charge in [0.2, 0.25) is 11.8 Å². The molecule has 4 aromatic rings. The molecule has 2 amide bonds. The van der Waals surface area contributed by atoms with Crippen molar-refractivity contribution in [2.75, 3.05) is 26.1 Å². The number of carbonyl (C=O) groups is 3. The van der Waals surface area contributed by atoms with E-state index in [1.807, 2.05) is 31.2 Å². The lowest BCUT2D eigenvalue weighted by atomic mass is 10.00. The minimum atomic E-state index is -0.727. The smallest absolute Gasteiger partial charge is 0.248 e. The number of rotatable bonds is 10. The van der Waals surface area contributed by atoms with Crippen molar-refractivity contribution in [2.24, 2.45) is 5.41 Å². The number of fused-ring (bicyclic) bond motifs is 2. The van der Waals surface area contributed by atoms with Crippen LogP contribution < -0.4 is 5.32 Å². The van der Waals surface area contributed by atoms with Gasteiger partial charge in [0, 0.05) is 61.5 Å². The molecular formula is C31H32BrN7O5. The molecule has 2 fully saturated rings. The number of carbonyl (C=O) groups excluding carboxylic acids is 3. The number of Topliss-reactive ketones (excluding diaryl/α,β-unsaturated/α-hetero) is 1. The van der Waals surface area contributed by atoms with Crippen LogP contribution in [0.4, 0.5) is 5.82 Å². The first-order valence-corrected chi connectivity index (χ1v) is 15.0. The fourth-order valence-corrected chi connectivity index (χ4v) is 6.55. The fraction of sp³-hybridized carbons (Fsp3) is 0.387. The second-order valence-electron chi connectivity index (χ2n) is 11.4. The minimum absolute atomic E-state index is 0.135. The zero-order chi connectivity index (χ0) is 31.2. The molecule has 0 spiro atoms. The van der Waals surface area contributed by atoms with E-state index in [1.165, 1.54) is 6.92 Å². The number of aryl methyl sites for hydroxylation is 1. The Bertz CT molecular complexity index is 1780. The Hall–Kier alpha value is -4.07. The number of pyridine rings is 1. The van der Waals surface area contributed by atoms with Crippen molar-refractivity contribution in [1.82, 2.24) is 29.6 Å². The molecule has 1 aromatic carbocycles. The number of piperidine rings is 1. The Morgan fingerprint density at radius 1 is 1.07 bits per heavy atom. The summed E-state index contributed by atoms with van der Waals surface area (Å²) in [5.41, 5.74) is 2.98. The number of ether oxygens (including phenoxy) is 2. The number of ketones is 1. The van der Waals surface area contributed by atoms with Crippen LogP contribution in [0.3, 0.4) is 0 Å². The maximum Gasteiger partial charge on any atom is 0.248 e. The summed E-state index contributed by atoms with van der Waals surface area (Å²) in [5, 5.41) is 8.11. The van der Waals surface area contributed by atoms with Crippen LogP contribution in [-0.4, -0.2) is 80.1 Å². The highest BCUT2D eigenvalue weighted by Crippen LogP contribution is 2.59. The normalized spacial score (nSPS) is 20.5. The van der Waals surface area contributed by atoms with E-state index in [-0.39, 0.29) is 47.9 Å². The summed E-state index contributed by atoms with van der Waals surface area (Å²) in [7, 11) is 3.20. The largest absolute Gasteiger partial charge is 0.384 e. The molecule has 1 N–H and O–H groups in total. The van der Waals surface area contributed by atoms with Gasteiger partial charge in [0.1, 0.15) is 34.5 Å². The van der Waals surface area contributed by atoms with E-state index in [0.29, 0.717) is 45.7 Å². The summed E-state index contributed by atoms with van der Waals surface area (Å²) in [5.74, 6) is 0.225. The van der Waals surface area contributed by atoms with E-state index >= 15 is 0 Å². The van der Waals surface area contributed by atoms with Gasteiger partial charge in [-0.1, -0.05) is 12.1 Å². The number of halogens is 1. The Morgan fingerprint density at radius 3 is 2.55 bits per heavy atom. The van der Waals surface area contributed by atoms with Crippen molar-refractivity contribution < 1.29 is 23.9 Å². The highest BCUT2D eigenvalue weighted by molar-refractivity contribution is 9.10. The molecule has 0 bridgehead atoms. The number of amides is 2. The van der Waals surface area contributed by atoms with Crippen molar-refractivity contribution in [3.8, 4) is 11.1 Å². The van der Waals surface area contributed by atoms with E-state index in [1.54, 1.807) is 42.3 Å². The molecule has 13 heteroatoms. The molecule has 3 aromatic heterocycles. The second kappa shape index (κ2) is 11.8. The van der Waals surface area contributed by atoms with E-state index in [2.05, 4.69) is 41.3 Å². The fourth-order valence-electron chi connectivity index (χ4n) is 6.24. The van der Waals surface area contributed by atoms with Gasteiger partial charge in [-0.05, 0) is 59.5 Å². The number of hydrogen-bond acceptors (Lipinski definition) is 9. The molecular weight excluding hydrogens is 630 g/mol. The number of likely N-dealkylation sites (tertiary alicyclic amines) is 1. The Kier molecular flexibility index (Phi) is 8.03. The van der Waals surface area contributed by atoms with E-state index < -0.39 is 6.04 Å². The van der Waals surface area contributed by atoms with Gasteiger partial charge < -0.3 is 19.7 Å². The summed E-state index contributed by atoms with van der Waals surface area (Å²) in [6.45, 7) is 3.84. The predicted octanol–water partition coefficient (Wildman–Crippen LogP) is 3.95. The summed E-state index contributed by atoms with van der Waals surface area (Å²) >= 11 is 3.37. The quantitative estimate of drug-likeness (QED) is 0.197. The van der Waals surface area contributed by atoms with Crippen molar-refractivity contribution in [3.63, 3.8) is 0 Å². The molecule has 4 heterocycles. The van der Waals surface area contributed by atoms with E-state index in [9.17, 15) is 14.4 Å². The Balaban J connectivity index is 1.30. The molecule has 12 nitrogen and oxygen atoms in total. The maximum atomic E-state index is 14.0. The third-order valence-corrected chi connectivity index (χ3v) is 8.85. The zero-order valence-corrected chi connectivity index (χ0v) is 26.4. The topological polar surface area (TPSA) is 141 Å². The predicted molar refractivity (Wildman–Crippen MR) is 165 cm³/mol. The number of methoxy groups -OCH3 is 2. The molecule has 2 aliphatic rings. The van der Waals surface area contributed by atoms with Gasteiger partial charge in [-0.15, -0.1) is 0 Å². The molecule has 1 aliphatic heterocycles. The van der Waals surface area contributed by atoms with Gasteiger partial charge in [0.05, 0.1) is 18.7 Å². The molecule has 1 saturated heterocycles. The van der Waals surface area contributed by atoms with Crippen molar-refractivity contribution in [2.45, 2.75) is 51.9 Å². The number of nitrogens with one attached hydrogen (secondary N) is 1. The number of benzene rings is 1. The van der Waals surface area contributed by atoms with Gasteiger partial charge in [-0.25, -0.2) is 15.0 Å². The zero-order valence-electron chi connectivity index (χ0n) is 24.8. The summed E-state index contributed by atoms with van der Waals surface area (Å²) in [4.78, 5) is 55.0. The van der Waals surface area contributed by atoms with Crippen LogP contribution in [0.2, 0.25) is 0 Å². The number of hydrogen-bond donors (Lipinski definition) is 1. The highest BCUT2D eigenvalue weighted by Gasteiger charge is 2.67. The average Bonchev–Trinajstić information content (AvgIpc) is 3.40. The van der Waals surface area contributed by atoms with Crippen LogP contribution in [-0.2, 0) is 32.2 Å². The molecule has 228 valence electrons. The highest BCUT2D eigenvalue weighted by atomic mass is 79.9. The van der Waals surface area contributed by atoms with Gasteiger partial charge >= 0.3 is 0 Å². The molecule has 0 unspecified atom stereocenters.